The summed E-state index contributed by atoms with van der Waals surface area (Å²) < 4.78 is 5.80. The van der Waals surface area contributed by atoms with Crippen LogP contribution in [0.3, 0.4) is 0 Å². The molecule has 0 aliphatic heterocycles. The summed E-state index contributed by atoms with van der Waals surface area (Å²) in [6.45, 7) is 2.10. The van der Waals surface area contributed by atoms with Crippen LogP contribution in [0.2, 0.25) is 5.02 Å². The van der Waals surface area contributed by atoms with E-state index in [1.54, 1.807) is 13.0 Å². The van der Waals surface area contributed by atoms with Crippen LogP contribution in [0, 0.1) is 0 Å². The summed E-state index contributed by atoms with van der Waals surface area (Å²) in [4.78, 5) is 18.2. The lowest BCUT2D eigenvalue weighted by Gasteiger charge is -2.19. The number of esters is 1. The molecule has 0 bridgehead atoms. The molecule has 2 rings (SSSR count). The van der Waals surface area contributed by atoms with Crippen molar-refractivity contribution in [2.24, 2.45) is 0 Å². The molecule has 0 N–H and O–H groups in total. The third kappa shape index (κ3) is 2.60. The SMILES string of the molecule is CCOC(=O)c1cnc2c(Br)c(Cl)ccc2c1N(C)C. The molecule has 0 amide bonds. The first kappa shape index (κ1) is 15.1. The van der Waals surface area contributed by atoms with Gasteiger partial charge in [-0.25, -0.2) is 4.79 Å². The number of benzene rings is 1. The number of hydrogen-bond acceptors (Lipinski definition) is 4. The average Bonchev–Trinajstić information content (AvgIpc) is 2.41. The molecule has 0 aliphatic carbocycles. The van der Waals surface area contributed by atoms with Gasteiger partial charge < -0.3 is 9.64 Å². The molecule has 2 aromatic rings. The maximum atomic E-state index is 12.0. The number of nitrogens with zero attached hydrogens (tertiary/aromatic N) is 2. The lowest BCUT2D eigenvalue weighted by Crippen LogP contribution is -2.16. The zero-order valence-electron chi connectivity index (χ0n) is 11.4. The summed E-state index contributed by atoms with van der Waals surface area (Å²) >= 11 is 9.51. The molecule has 1 aromatic heterocycles. The van der Waals surface area contributed by atoms with Gasteiger partial charge in [-0.1, -0.05) is 11.6 Å². The molecule has 1 heterocycles. The minimum Gasteiger partial charge on any atom is -0.462 e. The zero-order chi connectivity index (χ0) is 14.9. The molecule has 106 valence electrons. The molecule has 0 spiro atoms. The Morgan fingerprint density at radius 2 is 2.15 bits per heavy atom. The van der Waals surface area contributed by atoms with Gasteiger partial charge in [-0.05, 0) is 35.0 Å². The molecule has 0 aliphatic rings. The zero-order valence-corrected chi connectivity index (χ0v) is 13.7. The number of anilines is 1. The van der Waals surface area contributed by atoms with Gasteiger partial charge in [0.05, 0.1) is 27.3 Å². The van der Waals surface area contributed by atoms with Gasteiger partial charge in [0, 0.05) is 25.7 Å². The normalized spacial score (nSPS) is 10.7. The first-order valence-electron chi connectivity index (χ1n) is 6.08. The molecule has 0 fully saturated rings. The van der Waals surface area contributed by atoms with E-state index in [0.717, 1.165) is 15.5 Å². The first-order valence-corrected chi connectivity index (χ1v) is 7.25. The molecule has 0 unspecified atom stereocenters. The van der Waals surface area contributed by atoms with Gasteiger partial charge in [0.25, 0.3) is 0 Å². The van der Waals surface area contributed by atoms with E-state index in [9.17, 15) is 4.79 Å². The summed E-state index contributed by atoms with van der Waals surface area (Å²) in [6.07, 6.45) is 1.52. The van der Waals surface area contributed by atoms with Crippen LogP contribution in [0.4, 0.5) is 5.69 Å². The van der Waals surface area contributed by atoms with Crippen molar-refractivity contribution in [2.45, 2.75) is 6.92 Å². The van der Waals surface area contributed by atoms with Gasteiger partial charge in [0.2, 0.25) is 0 Å². The third-order valence-electron chi connectivity index (χ3n) is 2.84. The highest BCUT2D eigenvalue weighted by Crippen LogP contribution is 2.36. The summed E-state index contributed by atoms with van der Waals surface area (Å²) in [7, 11) is 3.75. The van der Waals surface area contributed by atoms with Crippen molar-refractivity contribution >= 4 is 50.1 Å². The molecule has 0 atom stereocenters. The fourth-order valence-electron chi connectivity index (χ4n) is 2.03. The van der Waals surface area contributed by atoms with Crippen LogP contribution in [0.5, 0.6) is 0 Å². The Morgan fingerprint density at radius 3 is 2.75 bits per heavy atom. The Hall–Kier alpha value is -1.33. The molecule has 0 saturated heterocycles. The van der Waals surface area contributed by atoms with E-state index in [4.69, 9.17) is 16.3 Å². The highest BCUT2D eigenvalue weighted by Gasteiger charge is 2.19. The fourth-order valence-corrected chi connectivity index (χ4v) is 2.63. The predicted molar refractivity (Wildman–Crippen MR) is 84.7 cm³/mol. The van der Waals surface area contributed by atoms with Crippen LogP contribution >= 0.6 is 27.5 Å². The number of pyridine rings is 1. The van der Waals surface area contributed by atoms with E-state index in [1.165, 1.54) is 6.20 Å². The van der Waals surface area contributed by atoms with Crippen molar-refractivity contribution in [1.82, 2.24) is 4.98 Å². The predicted octanol–water partition coefficient (Wildman–Crippen LogP) is 3.89. The number of aromatic nitrogens is 1. The average molecular weight is 358 g/mol. The molecule has 0 radical (unpaired) electrons. The molecular weight excluding hydrogens is 344 g/mol. The van der Waals surface area contributed by atoms with Crippen molar-refractivity contribution in [3.63, 3.8) is 0 Å². The van der Waals surface area contributed by atoms with E-state index >= 15 is 0 Å². The highest BCUT2D eigenvalue weighted by molar-refractivity contribution is 9.10. The van der Waals surface area contributed by atoms with Gasteiger partial charge in [0.15, 0.2) is 0 Å². The quantitative estimate of drug-likeness (QED) is 0.782. The lowest BCUT2D eigenvalue weighted by molar-refractivity contribution is 0.0527. The van der Waals surface area contributed by atoms with Crippen molar-refractivity contribution in [3.8, 4) is 0 Å². The number of carbonyl (C=O) groups is 1. The van der Waals surface area contributed by atoms with Gasteiger partial charge in [0.1, 0.15) is 5.56 Å². The molecule has 4 nitrogen and oxygen atoms in total. The number of halogens is 2. The van der Waals surface area contributed by atoms with Crippen LogP contribution in [-0.4, -0.2) is 31.7 Å². The van der Waals surface area contributed by atoms with Crippen molar-refractivity contribution in [2.75, 3.05) is 25.6 Å². The van der Waals surface area contributed by atoms with E-state index in [-0.39, 0.29) is 5.97 Å². The van der Waals surface area contributed by atoms with Gasteiger partial charge in [-0.2, -0.15) is 0 Å². The van der Waals surface area contributed by atoms with E-state index < -0.39 is 0 Å². The topological polar surface area (TPSA) is 42.4 Å². The second kappa shape index (κ2) is 5.97. The minimum atomic E-state index is -0.378. The molecule has 6 heteroatoms. The number of fused-ring (bicyclic) bond motifs is 1. The smallest absolute Gasteiger partial charge is 0.341 e. The summed E-state index contributed by atoms with van der Waals surface area (Å²) in [5.41, 5.74) is 1.93. The van der Waals surface area contributed by atoms with Crippen LogP contribution < -0.4 is 4.90 Å². The fraction of sp³-hybridized carbons (Fsp3) is 0.286. The Kier molecular flexibility index (Phi) is 4.50. The molecule has 20 heavy (non-hydrogen) atoms. The van der Waals surface area contributed by atoms with Gasteiger partial charge >= 0.3 is 5.97 Å². The molecule has 1 aromatic carbocycles. The maximum absolute atomic E-state index is 12.0. The van der Waals surface area contributed by atoms with Crippen molar-refractivity contribution < 1.29 is 9.53 Å². The van der Waals surface area contributed by atoms with Gasteiger partial charge in [-0.3, -0.25) is 4.98 Å². The summed E-state index contributed by atoms with van der Waals surface area (Å²) in [6, 6.07) is 3.63. The maximum Gasteiger partial charge on any atom is 0.341 e. The lowest BCUT2D eigenvalue weighted by atomic mass is 10.1. The third-order valence-corrected chi connectivity index (χ3v) is 4.19. The monoisotopic (exact) mass is 356 g/mol. The second-order valence-electron chi connectivity index (χ2n) is 4.39. The van der Waals surface area contributed by atoms with Crippen LogP contribution in [0.1, 0.15) is 17.3 Å². The van der Waals surface area contributed by atoms with Crippen LogP contribution in [0.15, 0.2) is 22.8 Å². The van der Waals surface area contributed by atoms with Gasteiger partial charge in [-0.15, -0.1) is 0 Å². The molecule has 0 saturated carbocycles. The first-order chi connectivity index (χ1) is 9.47. The summed E-state index contributed by atoms with van der Waals surface area (Å²) in [5, 5.41) is 1.43. The van der Waals surface area contributed by atoms with Crippen molar-refractivity contribution in [1.29, 1.82) is 0 Å². The largest absolute Gasteiger partial charge is 0.462 e. The second-order valence-corrected chi connectivity index (χ2v) is 5.59. The number of hydrogen-bond donors (Lipinski definition) is 0. The standard InChI is InChI=1S/C14H14BrClN2O2/c1-4-20-14(19)9-7-17-12-8(13(9)18(2)3)5-6-10(16)11(12)15/h5-7H,4H2,1-3H3. The van der Waals surface area contributed by atoms with Crippen molar-refractivity contribution in [3.05, 3.63) is 33.4 Å². The highest BCUT2D eigenvalue weighted by atomic mass is 79.9. The Morgan fingerprint density at radius 1 is 1.45 bits per heavy atom. The Labute approximate surface area is 130 Å². The minimum absolute atomic E-state index is 0.327. The van der Waals surface area contributed by atoms with Crippen LogP contribution in [0.25, 0.3) is 10.9 Å². The van der Waals surface area contributed by atoms with E-state index in [1.807, 2.05) is 25.1 Å². The summed E-state index contributed by atoms with van der Waals surface area (Å²) in [5.74, 6) is -0.378. The Bertz CT molecular complexity index is 674. The number of rotatable bonds is 3. The van der Waals surface area contributed by atoms with Crippen LogP contribution in [-0.2, 0) is 4.74 Å². The Balaban J connectivity index is 2.76. The van der Waals surface area contributed by atoms with E-state index in [0.29, 0.717) is 22.7 Å². The number of carbonyl (C=O) groups excluding carboxylic acids is 1. The molecular formula is C14H14BrClN2O2. The number of ether oxygens (including phenoxy) is 1. The van der Waals surface area contributed by atoms with E-state index in [2.05, 4.69) is 20.9 Å².